The molecule has 1 rings (SSSR count). The molecule has 2 nitrogen and oxygen atoms in total. The second-order valence-electron chi connectivity index (χ2n) is 3.73. The van der Waals surface area contributed by atoms with Crippen LogP contribution in [0.5, 0.6) is 0 Å². The van der Waals surface area contributed by atoms with Crippen LogP contribution < -0.4 is 0 Å². The molecule has 1 atom stereocenters. The molecule has 0 aliphatic heterocycles. The molecule has 0 saturated heterocycles. The van der Waals surface area contributed by atoms with Crippen LogP contribution >= 0.6 is 11.6 Å². The van der Waals surface area contributed by atoms with E-state index in [1.165, 1.54) is 0 Å². The summed E-state index contributed by atoms with van der Waals surface area (Å²) in [5.74, 6) is 0.930. The first-order valence-corrected chi connectivity index (χ1v) is 6.07. The van der Waals surface area contributed by atoms with Crippen molar-refractivity contribution >= 4 is 11.6 Å². The lowest BCUT2D eigenvalue weighted by atomic mass is 10.3. The molecule has 90 valence electrons. The molecular weight excluding hydrogens is 224 g/mol. The predicted octanol–water partition coefficient (Wildman–Crippen LogP) is 3.78. The number of rotatable bonds is 6. The van der Waals surface area contributed by atoms with Gasteiger partial charge in [0.25, 0.3) is 0 Å². The molecule has 1 aliphatic rings. The van der Waals surface area contributed by atoms with E-state index >= 15 is 0 Å². The third-order valence-corrected chi connectivity index (χ3v) is 2.62. The van der Waals surface area contributed by atoms with Gasteiger partial charge in [0.2, 0.25) is 0 Å². The summed E-state index contributed by atoms with van der Waals surface area (Å²) in [4.78, 5) is 0. The Bertz CT molecular complexity index is 292. The van der Waals surface area contributed by atoms with Crippen molar-refractivity contribution in [2.45, 2.75) is 32.8 Å². The van der Waals surface area contributed by atoms with E-state index in [0.29, 0.717) is 19.3 Å². The molecule has 0 saturated carbocycles. The van der Waals surface area contributed by atoms with Crippen LogP contribution in [0.3, 0.4) is 0 Å². The van der Waals surface area contributed by atoms with Gasteiger partial charge in [-0.3, -0.25) is 0 Å². The van der Waals surface area contributed by atoms with Crippen molar-refractivity contribution in [3.05, 3.63) is 35.1 Å². The second kappa shape index (κ2) is 7.53. The Morgan fingerprint density at radius 1 is 1.38 bits per heavy atom. The molecule has 0 heterocycles. The van der Waals surface area contributed by atoms with Gasteiger partial charge in [-0.2, -0.15) is 0 Å². The first kappa shape index (κ1) is 13.3. The summed E-state index contributed by atoms with van der Waals surface area (Å²) in [5.41, 5.74) is 0. The van der Waals surface area contributed by atoms with Gasteiger partial charge >= 0.3 is 0 Å². The summed E-state index contributed by atoms with van der Waals surface area (Å²) in [5, 5.41) is 0.731. The Morgan fingerprint density at radius 3 is 2.94 bits per heavy atom. The van der Waals surface area contributed by atoms with Gasteiger partial charge in [-0.1, -0.05) is 24.6 Å². The highest BCUT2D eigenvalue weighted by Crippen LogP contribution is 2.14. The fourth-order valence-electron chi connectivity index (χ4n) is 1.23. The number of halogens is 1. The van der Waals surface area contributed by atoms with Crippen LogP contribution in [0.15, 0.2) is 35.1 Å². The van der Waals surface area contributed by atoms with E-state index in [9.17, 15) is 0 Å². The van der Waals surface area contributed by atoms with Crippen molar-refractivity contribution in [3.8, 4) is 0 Å². The number of allylic oxidation sites excluding steroid dienone is 5. The van der Waals surface area contributed by atoms with E-state index in [1.54, 1.807) is 0 Å². The maximum absolute atomic E-state index is 5.86. The van der Waals surface area contributed by atoms with Crippen LogP contribution in [0.25, 0.3) is 0 Å². The highest BCUT2D eigenvalue weighted by Gasteiger charge is 2.01. The van der Waals surface area contributed by atoms with Crippen LogP contribution in [-0.2, 0) is 9.47 Å². The van der Waals surface area contributed by atoms with E-state index in [1.807, 2.05) is 24.3 Å². The maximum atomic E-state index is 5.86. The number of hydrogen-bond donors (Lipinski definition) is 0. The quantitative estimate of drug-likeness (QED) is 0.660. The third-order valence-electron chi connectivity index (χ3n) is 2.37. The molecule has 0 aromatic carbocycles. The van der Waals surface area contributed by atoms with Crippen LogP contribution in [0.4, 0.5) is 0 Å². The fourth-order valence-corrected chi connectivity index (χ4v) is 1.38. The Hall–Kier alpha value is -0.730. The Labute approximate surface area is 103 Å². The Kier molecular flexibility index (Phi) is 6.27. The second-order valence-corrected chi connectivity index (χ2v) is 4.17. The minimum absolute atomic E-state index is 0.306. The van der Waals surface area contributed by atoms with Crippen LogP contribution in [0.1, 0.15) is 26.7 Å². The largest absolute Gasteiger partial charge is 0.495 e. The molecule has 0 radical (unpaired) electrons. The average Bonchev–Trinajstić information content (AvgIpc) is 2.49. The Balaban J connectivity index is 2.21. The van der Waals surface area contributed by atoms with Crippen LogP contribution in [-0.4, -0.2) is 19.3 Å². The molecule has 0 aromatic heterocycles. The van der Waals surface area contributed by atoms with Crippen LogP contribution in [0.2, 0.25) is 0 Å². The molecule has 16 heavy (non-hydrogen) atoms. The molecular formula is C13H19ClO2. The minimum Gasteiger partial charge on any atom is -0.495 e. The third kappa shape index (κ3) is 5.38. The summed E-state index contributed by atoms with van der Waals surface area (Å²) < 4.78 is 11.1. The van der Waals surface area contributed by atoms with Crippen molar-refractivity contribution in [1.82, 2.24) is 0 Å². The van der Waals surface area contributed by atoms with Gasteiger partial charge in [0.1, 0.15) is 6.61 Å². The standard InChI is InChI=1S/C13H19ClO2/c1-3-11(2)15-9-10-16-13-6-4-5-12(14)7-8-13/h4-5,7-8,11H,3,6,9-10H2,1-2H3. The molecule has 0 N–H and O–H groups in total. The molecule has 0 aromatic rings. The molecule has 1 unspecified atom stereocenters. The number of ether oxygens (including phenoxy) is 2. The van der Waals surface area contributed by atoms with Crippen molar-refractivity contribution in [3.63, 3.8) is 0 Å². The summed E-state index contributed by atoms with van der Waals surface area (Å²) >= 11 is 5.86. The molecule has 0 spiro atoms. The van der Waals surface area contributed by atoms with Crippen molar-refractivity contribution in [2.24, 2.45) is 0 Å². The summed E-state index contributed by atoms with van der Waals surface area (Å²) in [7, 11) is 0. The summed E-state index contributed by atoms with van der Waals surface area (Å²) in [6.07, 6.45) is 9.75. The SMILES string of the molecule is CCC(C)OCCOC1=CC=C(Cl)C=CC1. The smallest absolute Gasteiger partial charge is 0.111 e. The summed E-state index contributed by atoms with van der Waals surface area (Å²) in [6.45, 7) is 5.40. The van der Waals surface area contributed by atoms with Gasteiger partial charge in [0.15, 0.2) is 0 Å². The van der Waals surface area contributed by atoms with E-state index in [0.717, 1.165) is 23.6 Å². The van der Waals surface area contributed by atoms with Gasteiger partial charge in [0, 0.05) is 11.5 Å². The molecule has 1 aliphatic carbocycles. The highest BCUT2D eigenvalue weighted by atomic mass is 35.5. The van der Waals surface area contributed by atoms with Gasteiger partial charge < -0.3 is 9.47 Å². The minimum atomic E-state index is 0.306. The van der Waals surface area contributed by atoms with Crippen molar-refractivity contribution in [1.29, 1.82) is 0 Å². The zero-order valence-electron chi connectivity index (χ0n) is 9.91. The van der Waals surface area contributed by atoms with E-state index in [4.69, 9.17) is 21.1 Å². The first-order chi connectivity index (χ1) is 7.72. The molecule has 3 heteroatoms. The normalized spacial score (nSPS) is 17.4. The van der Waals surface area contributed by atoms with Gasteiger partial charge in [-0.15, -0.1) is 0 Å². The monoisotopic (exact) mass is 242 g/mol. The molecule has 0 fully saturated rings. The molecule has 0 bridgehead atoms. The van der Waals surface area contributed by atoms with Gasteiger partial charge in [-0.25, -0.2) is 0 Å². The van der Waals surface area contributed by atoms with Gasteiger partial charge in [0.05, 0.1) is 18.5 Å². The van der Waals surface area contributed by atoms with Crippen molar-refractivity contribution in [2.75, 3.05) is 13.2 Å². The van der Waals surface area contributed by atoms with Crippen molar-refractivity contribution < 1.29 is 9.47 Å². The lowest BCUT2D eigenvalue weighted by molar-refractivity contribution is 0.0274. The van der Waals surface area contributed by atoms with E-state index < -0.39 is 0 Å². The molecule has 0 amide bonds. The fraction of sp³-hybridized carbons (Fsp3) is 0.538. The lowest BCUT2D eigenvalue weighted by Crippen LogP contribution is -2.11. The van der Waals surface area contributed by atoms with Gasteiger partial charge in [-0.05, 0) is 31.6 Å². The predicted molar refractivity (Wildman–Crippen MR) is 67.4 cm³/mol. The maximum Gasteiger partial charge on any atom is 0.111 e. The zero-order chi connectivity index (χ0) is 11.8. The van der Waals surface area contributed by atoms with E-state index in [2.05, 4.69) is 13.8 Å². The topological polar surface area (TPSA) is 18.5 Å². The lowest BCUT2D eigenvalue weighted by Gasteiger charge is -2.12. The van der Waals surface area contributed by atoms with Crippen LogP contribution in [0, 0.1) is 0 Å². The average molecular weight is 243 g/mol. The zero-order valence-corrected chi connectivity index (χ0v) is 10.7. The number of hydrogen-bond acceptors (Lipinski definition) is 2. The van der Waals surface area contributed by atoms with E-state index in [-0.39, 0.29) is 0 Å². The highest BCUT2D eigenvalue weighted by molar-refractivity contribution is 6.31. The summed E-state index contributed by atoms with van der Waals surface area (Å²) in [6, 6.07) is 0. The first-order valence-electron chi connectivity index (χ1n) is 5.69. The Morgan fingerprint density at radius 2 is 2.19 bits per heavy atom.